The molecular formula is C16H17N3O2. The summed E-state index contributed by atoms with van der Waals surface area (Å²) in [4.78, 5) is 9.09. The van der Waals surface area contributed by atoms with Gasteiger partial charge in [-0.3, -0.25) is 0 Å². The highest BCUT2D eigenvalue weighted by Crippen LogP contribution is 2.35. The van der Waals surface area contributed by atoms with Crippen LogP contribution in [0.25, 0.3) is 22.4 Å². The molecule has 0 spiro atoms. The zero-order valence-corrected chi connectivity index (χ0v) is 12.5. The van der Waals surface area contributed by atoms with Gasteiger partial charge in [0, 0.05) is 24.8 Å². The summed E-state index contributed by atoms with van der Waals surface area (Å²) in [5.41, 5.74) is 2.68. The van der Waals surface area contributed by atoms with E-state index >= 15 is 0 Å². The Morgan fingerprint density at radius 1 is 1.10 bits per heavy atom. The second-order valence-corrected chi connectivity index (χ2v) is 4.88. The molecule has 5 nitrogen and oxygen atoms in total. The first-order valence-electron chi connectivity index (χ1n) is 6.65. The van der Waals surface area contributed by atoms with E-state index in [4.69, 9.17) is 14.5 Å². The molecule has 0 radical (unpaired) electrons. The first kappa shape index (κ1) is 13.4. The number of hydrogen-bond acceptors (Lipinski definition) is 4. The van der Waals surface area contributed by atoms with Gasteiger partial charge in [0.25, 0.3) is 0 Å². The molecule has 0 atom stereocenters. The van der Waals surface area contributed by atoms with Crippen molar-refractivity contribution in [3.8, 4) is 23.0 Å². The quantitative estimate of drug-likeness (QED) is 0.741. The minimum Gasteiger partial charge on any atom is -0.496 e. The predicted molar refractivity (Wildman–Crippen MR) is 81.8 cm³/mol. The molecule has 2 aromatic heterocycles. The Labute approximate surface area is 123 Å². The number of methoxy groups -OCH3 is 2. The number of imidazole rings is 1. The summed E-state index contributed by atoms with van der Waals surface area (Å²) in [6.07, 6.45) is 3.67. The van der Waals surface area contributed by atoms with Gasteiger partial charge in [-0.15, -0.1) is 0 Å². The van der Waals surface area contributed by atoms with Gasteiger partial charge in [-0.05, 0) is 30.7 Å². The summed E-state index contributed by atoms with van der Waals surface area (Å²) in [6.45, 7) is 2.04. The van der Waals surface area contributed by atoms with Gasteiger partial charge < -0.3 is 14.0 Å². The van der Waals surface area contributed by atoms with E-state index in [0.29, 0.717) is 0 Å². The number of rotatable bonds is 3. The second kappa shape index (κ2) is 5.09. The van der Waals surface area contributed by atoms with Crippen molar-refractivity contribution in [1.82, 2.24) is 14.5 Å². The van der Waals surface area contributed by atoms with Gasteiger partial charge in [-0.1, -0.05) is 0 Å². The van der Waals surface area contributed by atoms with E-state index in [1.807, 2.05) is 42.9 Å². The van der Waals surface area contributed by atoms with E-state index < -0.39 is 0 Å². The summed E-state index contributed by atoms with van der Waals surface area (Å²) in [5.74, 6) is 2.34. The minimum absolute atomic E-state index is 0.727. The van der Waals surface area contributed by atoms with Crippen molar-refractivity contribution in [3.63, 3.8) is 0 Å². The second-order valence-electron chi connectivity index (χ2n) is 4.88. The number of ether oxygens (including phenoxy) is 2. The number of aromatic nitrogens is 3. The molecule has 0 N–H and O–H groups in total. The summed E-state index contributed by atoms with van der Waals surface area (Å²) < 4.78 is 12.8. The van der Waals surface area contributed by atoms with Gasteiger partial charge in [-0.25, -0.2) is 9.97 Å². The summed E-state index contributed by atoms with van der Waals surface area (Å²) >= 11 is 0. The maximum absolute atomic E-state index is 5.45. The molecule has 3 aromatic rings. The van der Waals surface area contributed by atoms with E-state index in [0.717, 1.165) is 39.5 Å². The zero-order valence-electron chi connectivity index (χ0n) is 12.5. The maximum atomic E-state index is 5.45. The molecule has 0 aliphatic rings. The first-order valence-corrected chi connectivity index (χ1v) is 6.65. The van der Waals surface area contributed by atoms with Gasteiger partial charge in [0.1, 0.15) is 22.7 Å². The Balaban J connectivity index is 2.35. The Morgan fingerprint density at radius 2 is 1.81 bits per heavy atom. The van der Waals surface area contributed by atoms with Crippen LogP contribution < -0.4 is 9.47 Å². The summed E-state index contributed by atoms with van der Waals surface area (Å²) in [7, 11) is 5.26. The standard InChI is InChI=1S/C16H17N3O2/c1-10-9-11(16-17-7-8-19(16)2)18-15-13(21-4)6-5-12(20-3)14(10)15/h5-9H,1-4H3. The highest BCUT2D eigenvalue weighted by atomic mass is 16.5. The van der Waals surface area contributed by atoms with E-state index in [1.165, 1.54) is 0 Å². The molecule has 0 aliphatic carbocycles. The Hall–Kier alpha value is -2.56. The molecule has 0 saturated heterocycles. The van der Waals surface area contributed by atoms with Crippen LogP contribution in [0.15, 0.2) is 30.6 Å². The Kier molecular flexibility index (Phi) is 3.25. The fraction of sp³-hybridized carbons (Fsp3) is 0.250. The van der Waals surface area contributed by atoms with Crippen LogP contribution in [-0.2, 0) is 7.05 Å². The lowest BCUT2D eigenvalue weighted by Gasteiger charge is -2.13. The number of hydrogen-bond donors (Lipinski definition) is 0. The van der Waals surface area contributed by atoms with Crippen LogP contribution in [0.5, 0.6) is 11.5 Å². The highest BCUT2D eigenvalue weighted by Gasteiger charge is 2.15. The lowest BCUT2D eigenvalue weighted by atomic mass is 10.1. The van der Waals surface area contributed by atoms with Crippen molar-refractivity contribution < 1.29 is 9.47 Å². The van der Waals surface area contributed by atoms with Crippen LogP contribution in [-0.4, -0.2) is 28.8 Å². The smallest absolute Gasteiger partial charge is 0.158 e. The SMILES string of the molecule is COc1ccc(OC)c2c(C)cc(-c3nccn3C)nc12. The molecule has 108 valence electrons. The van der Waals surface area contributed by atoms with Gasteiger partial charge in [0.15, 0.2) is 5.82 Å². The van der Waals surface area contributed by atoms with E-state index in [9.17, 15) is 0 Å². The third kappa shape index (κ3) is 2.11. The van der Waals surface area contributed by atoms with Gasteiger partial charge in [-0.2, -0.15) is 0 Å². The molecule has 5 heteroatoms. The number of fused-ring (bicyclic) bond motifs is 1. The van der Waals surface area contributed by atoms with Crippen molar-refractivity contribution in [2.45, 2.75) is 6.92 Å². The van der Waals surface area contributed by atoms with Gasteiger partial charge in [0.2, 0.25) is 0 Å². The monoisotopic (exact) mass is 283 g/mol. The third-order valence-corrected chi connectivity index (χ3v) is 3.57. The minimum atomic E-state index is 0.727. The van der Waals surface area contributed by atoms with E-state index in [1.54, 1.807) is 20.4 Å². The maximum Gasteiger partial charge on any atom is 0.158 e. The van der Waals surface area contributed by atoms with Crippen molar-refractivity contribution in [3.05, 3.63) is 36.2 Å². The van der Waals surface area contributed by atoms with Crippen LogP contribution in [0, 0.1) is 6.92 Å². The predicted octanol–water partition coefficient (Wildman–Crippen LogP) is 2.96. The molecule has 21 heavy (non-hydrogen) atoms. The highest BCUT2D eigenvalue weighted by molar-refractivity contribution is 5.94. The van der Waals surface area contributed by atoms with Crippen LogP contribution in [0.1, 0.15) is 5.56 Å². The molecule has 0 fully saturated rings. The molecular weight excluding hydrogens is 266 g/mol. The van der Waals surface area contributed by atoms with Crippen molar-refractivity contribution >= 4 is 10.9 Å². The van der Waals surface area contributed by atoms with Crippen molar-refractivity contribution in [1.29, 1.82) is 0 Å². The first-order chi connectivity index (χ1) is 10.2. The lowest BCUT2D eigenvalue weighted by Crippen LogP contribution is -1.98. The number of aryl methyl sites for hydroxylation is 2. The van der Waals surface area contributed by atoms with Crippen LogP contribution >= 0.6 is 0 Å². The molecule has 0 saturated carbocycles. The molecule has 0 amide bonds. The molecule has 2 heterocycles. The van der Waals surface area contributed by atoms with Gasteiger partial charge >= 0.3 is 0 Å². The Bertz CT molecular complexity index is 809. The fourth-order valence-corrected chi connectivity index (χ4v) is 2.54. The number of pyridine rings is 1. The Morgan fingerprint density at radius 3 is 2.43 bits per heavy atom. The molecule has 3 rings (SSSR count). The van der Waals surface area contributed by atoms with Crippen molar-refractivity contribution in [2.24, 2.45) is 7.05 Å². The van der Waals surface area contributed by atoms with Crippen LogP contribution in [0.4, 0.5) is 0 Å². The topological polar surface area (TPSA) is 49.2 Å². The molecule has 0 unspecified atom stereocenters. The molecule has 1 aromatic carbocycles. The third-order valence-electron chi connectivity index (χ3n) is 3.57. The molecule has 0 aliphatic heterocycles. The van der Waals surface area contributed by atoms with Crippen LogP contribution in [0.3, 0.4) is 0 Å². The summed E-state index contributed by atoms with van der Waals surface area (Å²) in [6, 6.07) is 5.79. The average molecular weight is 283 g/mol. The zero-order chi connectivity index (χ0) is 15.0. The fourth-order valence-electron chi connectivity index (χ4n) is 2.54. The number of benzene rings is 1. The van der Waals surface area contributed by atoms with Crippen LogP contribution in [0.2, 0.25) is 0 Å². The normalized spacial score (nSPS) is 10.9. The molecule has 0 bridgehead atoms. The van der Waals surface area contributed by atoms with E-state index in [-0.39, 0.29) is 0 Å². The largest absolute Gasteiger partial charge is 0.496 e. The summed E-state index contributed by atoms with van der Waals surface area (Å²) in [5, 5.41) is 0.967. The van der Waals surface area contributed by atoms with Gasteiger partial charge in [0.05, 0.1) is 14.2 Å². The van der Waals surface area contributed by atoms with Crippen molar-refractivity contribution in [2.75, 3.05) is 14.2 Å². The number of nitrogens with zero attached hydrogens (tertiary/aromatic N) is 3. The van der Waals surface area contributed by atoms with E-state index in [2.05, 4.69) is 4.98 Å². The average Bonchev–Trinajstić information content (AvgIpc) is 2.92. The lowest BCUT2D eigenvalue weighted by molar-refractivity contribution is 0.409.